The second-order valence-corrected chi connectivity index (χ2v) is 10.2. The van der Waals surface area contributed by atoms with Gasteiger partial charge in [-0.1, -0.05) is 0 Å². The van der Waals surface area contributed by atoms with Gasteiger partial charge in [-0.2, -0.15) is 5.10 Å². The van der Waals surface area contributed by atoms with Gasteiger partial charge in [0, 0.05) is 43.5 Å². The van der Waals surface area contributed by atoms with E-state index in [0.29, 0.717) is 18.2 Å². The van der Waals surface area contributed by atoms with Crippen LogP contribution in [0.1, 0.15) is 51.6 Å². The number of aliphatic imine (C=N–C) groups is 1. The molecule has 1 unspecified atom stereocenters. The zero-order valence-corrected chi connectivity index (χ0v) is 19.9. The summed E-state index contributed by atoms with van der Waals surface area (Å²) in [5.41, 5.74) is 5.79. The summed E-state index contributed by atoms with van der Waals surface area (Å²) in [6.07, 6.45) is 1.18. The summed E-state index contributed by atoms with van der Waals surface area (Å²) in [4.78, 5) is 23.8. The van der Waals surface area contributed by atoms with Gasteiger partial charge in [0.25, 0.3) is 0 Å². The lowest BCUT2D eigenvalue weighted by molar-refractivity contribution is 0.00688. The summed E-state index contributed by atoms with van der Waals surface area (Å²) < 4.78 is 14.9. The largest absolute Gasteiger partial charge is 0.330 e. The molecule has 3 aliphatic rings. The molecule has 1 fully saturated rings. The highest BCUT2D eigenvalue weighted by Crippen LogP contribution is 2.43. The molecule has 0 radical (unpaired) electrons. The van der Waals surface area contributed by atoms with Crippen molar-refractivity contribution >= 4 is 12.0 Å². The van der Waals surface area contributed by atoms with E-state index in [2.05, 4.69) is 58.5 Å². The van der Waals surface area contributed by atoms with Gasteiger partial charge in [-0.05, 0) is 41.7 Å². The minimum Gasteiger partial charge on any atom is -0.330 e. The quantitative estimate of drug-likeness (QED) is 0.512. The number of likely N-dealkylation sites (N-methyl/N-ethyl adjacent to an activating group) is 1. The molecule has 4 rings (SSSR count). The molecular weight excluding hydrogens is 413 g/mol. The average molecular weight is 448 g/mol. The fourth-order valence-electron chi connectivity index (χ4n) is 4.82. The minimum atomic E-state index is -1.68. The van der Waals surface area contributed by atoms with Crippen molar-refractivity contribution in [3.63, 3.8) is 0 Å². The van der Waals surface area contributed by atoms with Crippen LogP contribution in [-0.2, 0) is 17.7 Å². The predicted molar refractivity (Wildman–Crippen MR) is 120 cm³/mol. The Morgan fingerprint density at radius 3 is 2.69 bits per heavy atom. The van der Waals surface area contributed by atoms with Crippen molar-refractivity contribution in [3.8, 4) is 0 Å². The number of nitrogens with one attached hydrogen (secondary N) is 3. The summed E-state index contributed by atoms with van der Waals surface area (Å²) in [5.74, 6) is -0.277. The lowest BCUT2D eigenvalue weighted by Gasteiger charge is -2.50. The van der Waals surface area contributed by atoms with Crippen LogP contribution in [0.2, 0.25) is 0 Å². The van der Waals surface area contributed by atoms with Crippen molar-refractivity contribution in [2.75, 3.05) is 27.2 Å². The summed E-state index contributed by atoms with van der Waals surface area (Å²) in [5, 5.41) is 13.0. The van der Waals surface area contributed by atoms with E-state index in [9.17, 15) is 9.18 Å². The van der Waals surface area contributed by atoms with Gasteiger partial charge in [0.2, 0.25) is 0 Å². The Bertz CT molecular complexity index is 997. The molecule has 0 saturated carbocycles. The number of nitrogens with zero attached hydrogens (tertiary/aromatic N) is 5. The van der Waals surface area contributed by atoms with Crippen LogP contribution >= 0.6 is 0 Å². The van der Waals surface area contributed by atoms with E-state index >= 15 is 0 Å². The Kier molecular flexibility index (Phi) is 5.05. The number of hydrogen-bond donors (Lipinski definition) is 4. The van der Waals surface area contributed by atoms with E-state index in [0.717, 1.165) is 17.8 Å². The number of hydrogen-bond acceptors (Lipinski definition) is 5. The number of halogens is 1. The van der Waals surface area contributed by atoms with Gasteiger partial charge in [0.15, 0.2) is 17.4 Å². The van der Waals surface area contributed by atoms with Crippen molar-refractivity contribution in [1.82, 2.24) is 35.5 Å². The molecule has 10 nitrogen and oxygen atoms in total. The monoisotopic (exact) mass is 447 g/mol. The third-order valence-electron chi connectivity index (χ3n) is 7.23. The number of aromatic amines is 1. The van der Waals surface area contributed by atoms with E-state index in [1.165, 1.54) is 6.20 Å². The number of amides is 2. The van der Waals surface area contributed by atoms with E-state index in [1.54, 1.807) is 7.05 Å². The van der Waals surface area contributed by atoms with Crippen LogP contribution in [0.4, 0.5) is 9.18 Å². The van der Waals surface area contributed by atoms with E-state index in [-0.39, 0.29) is 24.2 Å². The van der Waals surface area contributed by atoms with Crippen molar-refractivity contribution in [2.24, 2.45) is 10.7 Å². The van der Waals surface area contributed by atoms with E-state index < -0.39 is 17.0 Å². The van der Waals surface area contributed by atoms with Crippen molar-refractivity contribution in [2.45, 2.75) is 63.9 Å². The topological polar surface area (TPSA) is 118 Å². The number of aromatic nitrogens is 2. The molecule has 0 aromatic carbocycles. The van der Waals surface area contributed by atoms with Crippen molar-refractivity contribution in [3.05, 3.63) is 29.0 Å². The molecule has 1 aromatic heterocycles. The van der Waals surface area contributed by atoms with Crippen LogP contribution in [-0.4, -0.2) is 75.7 Å². The van der Waals surface area contributed by atoms with Gasteiger partial charge >= 0.3 is 6.03 Å². The molecule has 0 aliphatic carbocycles. The molecule has 4 heterocycles. The van der Waals surface area contributed by atoms with Crippen LogP contribution in [0.3, 0.4) is 0 Å². The molecule has 0 bridgehead atoms. The molecule has 2 amide bonds. The molecule has 176 valence electrons. The van der Waals surface area contributed by atoms with Crippen molar-refractivity contribution < 1.29 is 9.18 Å². The Balaban J connectivity index is 1.67. The SMILES string of the molecule is CN=C1NC=C(F)C(N)(c2n[nH]c3c2CN(C(=O)N2CC(C)(C)N(C)C[C@@H]2C)C3(C)C)N1. The number of carbonyl (C=O) groups is 1. The van der Waals surface area contributed by atoms with E-state index in [1.807, 2.05) is 23.6 Å². The van der Waals surface area contributed by atoms with Gasteiger partial charge in [-0.25, -0.2) is 9.18 Å². The number of H-pyrrole nitrogens is 1. The number of urea groups is 1. The second-order valence-electron chi connectivity index (χ2n) is 10.2. The normalized spacial score (nSPS) is 30.6. The third kappa shape index (κ3) is 3.17. The number of rotatable bonds is 1. The highest BCUT2D eigenvalue weighted by Gasteiger charge is 2.51. The van der Waals surface area contributed by atoms with Gasteiger partial charge in [-0.15, -0.1) is 0 Å². The number of piperazine rings is 1. The summed E-state index contributed by atoms with van der Waals surface area (Å²) in [7, 11) is 3.66. The number of nitrogens with two attached hydrogens (primary N) is 1. The number of carbonyl (C=O) groups excluding carboxylic acids is 1. The first-order valence-corrected chi connectivity index (χ1v) is 10.9. The third-order valence-corrected chi connectivity index (χ3v) is 7.23. The molecule has 5 N–H and O–H groups in total. The second kappa shape index (κ2) is 7.17. The fraction of sp³-hybridized carbons (Fsp3) is 0.667. The van der Waals surface area contributed by atoms with Crippen LogP contribution < -0.4 is 16.4 Å². The van der Waals surface area contributed by atoms with Gasteiger partial charge in [0.1, 0.15) is 5.69 Å². The maximum Gasteiger partial charge on any atom is 0.321 e. The fourth-order valence-corrected chi connectivity index (χ4v) is 4.82. The van der Waals surface area contributed by atoms with E-state index in [4.69, 9.17) is 5.73 Å². The molecule has 1 saturated heterocycles. The molecule has 0 spiro atoms. The number of guanidine groups is 1. The Morgan fingerprint density at radius 1 is 1.34 bits per heavy atom. The Hall–Kier alpha value is -2.66. The van der Waals surface area contributed by atoms with Crippen LogP contribution in [0, 0.1) is 0 Å². The number of fused-ring (bicyclic) bond motifs is 1. The maximum absolute atomic E-state index is 14.9. The average Bonchev–Trinajstić information content (AvgIpc) is 3.25. The molecular formula is C21H34FN9O. The lowest BCUT2D eigenvalue weighted by atomic mass is 9.95. The van der Waals surface area contributed by atoms with Gasteiger partial charge in [0.05, 0.1) is 17.8 Å². The first kappa shape index (κ1) is 22.5. The molecule has 11 heteroatoms. The standard InChI is InChI=1S/C21H34FN9O/c1-12-9-29(7)19(2,3)11-30(12)18(32)31-10-13-15(20(31,4)5)27-28-16(13)21(23)14(22)8-25-17(24-6)26-21/h8,12H,9-11,23H2,1-7H3,(H,27,28)(H2,24,25,26)/t12-,21?/m0/s1. The smallest absolute Gasteiger partial charge is 0.321 e. The van der Waals surface area contributed by atoms with Crippen molar-refractivity contribution in [1.29, 1.82) is 0 Å². The minimum absolute atomic E-state index is 0.0459. The predicted octanol–water partition coefficient (Wildman–Crippen LogP) is 1.10. The molecule has 2 atom stereocenters. The van der Waals surface area contributed by atoms with Crippen LogP contribution in [0.5, 0.6) is 0 Å². The summed E-state index contributed by atoms with van der Waals surface area (Å²) >= 11 is 0. The van der Waals surface area contributed by atoms with Crippen LogP contribution in [0.15, 0.2) is 17.0 Å². The highest BCUT2D eigenvalue weighted by atomic mass is 19.1. The Morgan fingerprint density at radius 2 is 2.03 bits per heavy atom. The summed E-state index contributed by atoms with van der Waals surface area (Å²) in [6, 6.07) is 0.0268. The summed E-state index contributed by atoms with van der Waals surface area (Å²) in [6.45, 7) is 12.0. The van der Waals surface area contributed by atoms with Gasteiger partial charge in [-0.3, -0.25) is 20.7 Å². The lowest BCUT2D eigenvalue weighted by Crippen LogP contribution is -2.65. The first-order valence-electron chi connectivity index (χ1n) is 10.9. The highest BCUT2D eigenvalue weighted by molar-refractivity contribution is 5.83. The first-order chi connectivity index (χ1) is 14.8. The molecule has 1 aromatic rings. The van der Waals surface area contributed by atoms with Crippen LogP contribution in [0.25, 0.3) is 0 Å². The molecule has 32 heavy (non-hydrogen) atoms. The zero-order chi connectivity index (χ0) is 23.6. The molecule has 3 aliphatic heterocycles. The Labute approximate surface area is 188 Å². The zero-order valence-electron chi connectivity index (χ0n) is 19.9. The van der Waals surface area contributed by atoms with Gasteiger partial charge < -0.3 is 20.4 Å². The maximum atomic E-state index is 14.9.